The molecule has 1 atom stereocenters. The first-order chi connectivity index (χ1) is 9.22. The first-order valence-corrected chi connectivity index (χ1v) is 6.69. The SMILES string of the molecule is C[C@H]1CN(Cc2nc(N)c3ccccc3n2)CCN1. The number of hydrogen-bond donors (Lipinski definition) is 2. The van der Waals surface area contributed by atoms with Gasteiger partial charge in [0, 0.05) is 31.1 Å². The maximum absolute atomic E-state index is 6.01. The van der Waals surface area contributed by atoms with Gasteiger partial charge in [0.05, 0.1) is 12.1 Å². The van der Waals surface area contributed by atoms with Crippen LogP contribution in [0.3, 0.4) is 0 Å². The van der Waals surface area contributed by atoms with Gasteiger partial charge in [0.25, 0.3) is 0 Å². The van der Waals surface area contributed by atoms with Crippen molar-refractivity contribution in [3.05, 3.63) is 30.1 Å². The fourth-order valence-corrected chi connectivity index (χ4v) is 2.58. The molecule has 3 rings (SSSR count). The standard InChI is InChI=1S/C14H19N5/c1-10-8-19(7-6-16-10)9-13-17-12-5-3-2-4-11(12)14(15)18-13/h2-5,10,16H,6-9H2,1H3,(H2,15,17,18)/t10-/m0/s1. The quantitative estimate of drug-likeness (QED) is 0.840. The lowest BCUT2D eigenvalue weighted by atomic mass is 10.2. The van der Waals surface area contributed by atoms with Crippen LogP contribution in [0.1, 0.15) is 12.7 Å². The number of nitrogens with zero attached hydrogens (tertiary/aromatic N) is 3. The minimum Gasteiger partial charge on any atom is -0.383 e. The molecule has 0 amide bonds. The topological polar surface area (TPSA) is 67.1 Å². The molecule has 0 saturated carbocycles. The van der Waals surface area contributed by atoms with E-state index in [-0.39, 0.29) is 0 Å². The Morgan fingerprint density at radius 2 is 2.21 bits per heavy atom. The highest BCUT2D eigenvalue weighted by Gasteiger charge is 2.17. The van der Waals surface area contributed by atoms with Gasteiger partial charge in [0.1, 0.15) is 11.6 Å². The molecule has 2 heterocycles. The Bertz CT molecular complexity index is 583. The van der Waals surface area contributed by atoms with E-state index in [2.05, 4.69) is 27.1 Å². The molecule has 1 aromatic carbocycles. The monoisotopic (exact) mass is 257 g/mol. The molecular formula is C14H19N5. The third kappa shape index (κ3) is 2.67. The highest BCUT2D eigenvalue weighted by atomic mass is 15.2. The van der Waals surface area contributed by atoms with Crippen molar-refractivity contribution in [2.75, 3.05) is 25.4 Å². The first kappa shape index (κ1) is 12.3. The molecule has 5 nitrogen and oxygen atoms in total. The van der Waals surface area contributed by atoms with E-state index in [4.69, 9.17) is 5.73 Å². The van der Waals surface area contributed by atoms with E-state index < -0.39 is 0 Å². The van der Waals surface area contributed by atoms with Crippen molar-refractivity contribution >= 4 is 16.7 Å². The molecule has 0 bridgehead atoms. The molecule has 19 heavy (non-hydrogen) atoms. The van der Waals surface area contributed by atoms with Crippen LogP contribution in [0.5, 0.6) is 0 Å². The Morgan fingerprint density at radius 3 is 3.05 bits per heavy atom. The third-order valence-corrected chi connectivity index (χ3v) is 3.50. The van der Waals surface area contributed by atoms with Crippen molar-refractivity contribution in [2.24, 2.45) is 0 Å². The molecule has 1 aliphatic heterocycles. The number of benzene rings is 1. The molecule has 1 fully saturated rings. The average molecular weight is 257 g/mol. The highest BCUT2D eigenvalue weighted by molar-refractivity contribution is 5.87. The average Bonchev–Trinajstić information content (AvgIpc) is 2.39. The van der Waals surface area contributed by atoms with Crippen LogP contribution in [0.15, 0.2) is 24.3 Å². The van der Waals surface area contributed by atoms with Gasteiger partial charge in [-0.2, -0.15) is 0 Å². The van der Waals surface area contributed by atoms with E-state index >= 15 is 0 Å². The summed E-state index contributed by atoms with van der Waals surface area (Å²) in [5.74, 6) is 1.38. The summed E-state index contributed by atoms with van der Waals surface area (Å²) in [7, 11) is 0. The number of nitrogens with two attached hydrogens (primary N) is 1. The molecule has 100 valence electrons. The Labute approximate surface area is 112 Å². The maximum Gasteiger partial charge on any atom is 0.145 e. The second kappa shape index (κ2) is 5.11. The van der Waals surface area contributed by atoms with E-state index in [1.165, 1.54) is 0 Å². The number of rotatable bonds is 2. The molecule has 0 radical (unpaired) electrons. The predicted octanol–water partition coefficient (Wildman–Crippen LogP) is 1.01. The minimum absolute atomic E-state index is 0.520. The van der Waals surface area contributed by atoms with E-state index in [1.807, 2.05) is 24.3 Å². The van der Waals surface area contributed by atoms with Gasteiger partial charge in [-0.3, -0.25) is 4.90 Å². The number of aromatic nitrogens is 2. The predicted molar refractivity (Wildman–Crippen MR) is 76.7 cm³/mol. The van der Waals surface area contributed by atoms with E-state index in [1.54, 1.807) is 0 Å². The Balaban J connectivity index is 1.85. The lowest BCUT2D eigenvalue weighted by molar-refractivity contribution is 0.195. The molecule has 1 aromatic heterocycles. The Hall–Kier alpha value is -1.72. The van der Waals surface area contributed by atoms with Gasteiger partial charge in [-0.1, -0.05) is 12.1 Å². The molecule has 2 aromatic rings. The van der Waals surface area contributed by atoms with Crippen LogP contribution >= 0.6 is 0 Å². The van der Waals surface area contributed by atoms with Crippen LogP contribution in [-0.4, -0.2) is 40.5 Å². The summed E-state index contributed by atoms with van der Waals surface area (Å²) >= 11 is 0. The second-order valence-corrected chi connectivity index (χ2v) is 5.13. The zero-order valence-corrected chi connectivity index (χ0v) is 11.1. The molecule has 3 N–H and O–H groups in total. The summed E-state index contributed by atoms with van der Waals surface area (Å²) in [4.78, 5) is 11.4. The van der Waals surface area contributed by atoms with Gasteiger partial charge in [0.2, 0.25) is 0 Å². The van der Waals surface area contributed by atoms with Crippen LogP contribution in [0.25, 0.3) is 10.9 Å². The van der Waals surface area contributed by atoms with Gasteiger partial charge in [-0.15, -0.1) is 0 Å². The van der Waals surface area contributed by atoms with Crippen molar-refractivity contribution < 1.29 is 0 Å². The summed E-state index contributed by atoms with van der Waals surface area (Å²) in [6.45, 7) is 6.03. The number of nitrogen functional groups attached to an aromatic ring is 1. The molecule has 1 saturated heterocycles. The Morgan fingerprint density at radius 1 is 1.37 bits per heavy atom. The lowest BCUT2D eigenvalue weighted by Gasteiger charge is -2.31. The van der Waals surface area contributed by atoms with Crippen molar-refractivity contribution in [3.8, 4) is 0 Å². The molecule has 0 unspecified atom stereocenters. The number of fused-ring (bicyclic) bond motifs is 1. The largest absolute Gasteiger partial charge is 0.383 e. The zero-order valence-electron chi connectivity index (χ0n) is 11.1. The molecule has 5 heteroatoms. The number of anilines is 1. The maximum atomic E-state index is 6.01. The van der Waals surface area contributed by atoms with Crippen molar-refractivity contribution in [1.29, 1.82) is 0 Å². The number of para-hydroxylation sites is 1. The van der Waals surface area contributed by atoms with E-state index in [9.17, 15) is 0 Å². The highest BCUT2D eigenvalue weighted by Crippen LogP contribution is 2.17. The zero-order chi connectivity index (χ0) is 13.2. The van der Waals surface area contributed by atoms with Crippen LogP contribution in [0.2, 0.25) is 0 Å². The summed E-state index contributed by atoms with van der Waals surface area (Å²) in [6, 6.07) is 8.40. The van der Waals surface area contributed by atoms with Crippen molar-refractivity contribution in [1.82, 2.24) is 20.2 Å². The summed E-state index contributed by atoms with van der Waals surface area (Å²) in [6.07, 6.45) is 0. The second-order valence-electron chi connectivity index (χ2n) is 5.13. The van der Waals surface area contributed by atoms with Crippen LogP contribution in [0.4, 0.5) is 5.82 Å². The van der Waals surface area contributed by atoms with Gasteiger partial charge >= 0.3 is 0 Å². The van der Waals surface area contributed by atoms with E-state index in [0.717, 1.165) is 42.9 Å². The summed E-state index contributed by atoms with van der Waals surface area (Å²) in [5, 5.41) is 4.36. The fraction of sp³-hybridized carbons (Fsp3) is 0.429. The van der Waals surface area contributed by atoms with Crippen LogP contribution in [-0.2, 0) is 6.54 Å². The van der Waals surface area contributed by atoms with Gasteiger partial charge < -0.3 is 11.1 Å². The normalized spacial score (nSPS) is 20.8. The molecule has 1 aliphatic rings. The van der Waals surface area contributed by atoms with E-state index in [0.29, 0.717) is 11.9 Å². The van der Waals surface area contributed by atoms with Gasteiger partial charge in [0.15, 0.2) is 0 Å². The van der Waals surface area contributed by atoms with Gasteiger partial charge in [-0.25, -0.2) is 9.97 Å². The number of hydrogen-bond acceptors (Lipinski definition) is 5. The summed E-state index contributed by atoms with van der Waals surface area (Å²) in [5.41, 5.74) is 6.93. The van der Waals surface area contributed by atoms with Crippen molar-refractivity contribution in [3.63, 3.8) is 0 Å². The van der Waals surface area contributed by atoms with Crippen LogP contribution in [0, 0.1) is 0 Å². The molecule has 0 aliphatic carbocycles. The number of nitrogens with one attached hydrogen (secondary N) is 1. The first-order valence-electron chi connectivity index (χ1n) is 6.69. The van der Waals surface area contributed by atoms with Gasteiger partial charge in [-0.05, 0) is 19.1 Å². The van der Waals surface area contributed by atoms with Crippen molar-refractivity contribution in [2.45, 2.75) is 19.5 Å². The summed E-state index contributed by atoms with van der Waals surface area (Å²) < 4.78 is 0. The Kier molecular flexibility index (Phi) is 3.31. The van der Waals surface area contributed by atoms with Crippen LogP contribution < -0.4 is 11.1 Å². The molecular weight excluding hydrogens is 238 g/mol. The fourth-order valence-electron chi connectivity index (χ4n) is 2.58. The minimum atomic E-state index is 0.520. The lowest BCUT2D eigenvalue weighted by Crippen LogP contribution is -2.48. The molecule has 0 spiro atoms. The number of piperazine rings is 1. The third-order valence-electron chi connectivity index (χ3n) is 3.50. The smallest absolute Gasteiger partial charge is 0.145 e.